The number of ether oxygens (including phenoxy) is 1. The highest BCUT2D eigenvalue weighted by Gasteiger charge is 2.30. The van der Waals surface area contributed by atoms with Crippen LogP contribution >= 0.6 is 0 Å². The van der Waals surface area contributed by atoms with E-state index >= 15 is 0 Å². The van der Waals surface area contributed by atoms with Crippen LogP contribution in [0.25, 0.3) is 0 Å². The number of hydrogen-bond donors (Lipinski definition) is 2. The molecular formula is C12H24N2O. The van der Waals surface area contributed by atoms with Crippen LogP contribution in [-0.4, -0.2) is 19.3 Å². The van der Waals surface area contributed by atoms with Gasteiger partial charge in [0.15, 0.2) is 0 Å². The highest BCUT2D eigenvalue weighted by Crippen LogP contribution is 2.31. The molecule has 3 heteroatoms. The second kappa shape index (κ2) is 5.83. The van der Waals surface area contributed by atoms with Crippen molar-refractivity contribution < 1.29 is 4.74 Å². The molecule has 2 atom stereocenters. The van der Waals surface area contributed by atoms with Gasteiger partial charge in [-0.25, -0.2) is 0 Å². The second-order valence-electron chi connectivity index (χ2n) is 5.07. The summed E-state index contributed by atoms with van der Waals surface area (Å²) in [5, 5.41) is 0. The van der Waals surface area contributed by atoms with Gasteiger partial charge in [-0.2, -0.15) is 0 Å². The number of nitrogens with one attached hydrogen (secondary N) is 1. The molecule has 0 aromatic heterocycles. The van der Waals surface area contributed by atoms with E-state index in [9.17, 15) is 0 Å². The van der Waals surface area contributed by atoms with Crippen LogP contribution < -0.4 is 11.3 Å². The Morgan fingerprint density at radius 1 is 1.00 bits per heavy atom. The number of rotatable bonds is 3. The summed E-state index contributed by atoms with van der Waals surface area (Å²) < 4.78 is 5.56. The van der Waals surface area contributed by atoms with Gasteiger partial charge in [-0.15, -0.1) is 0 Å². The minimum atomic E-state index is 0.491. The Bertz CT molecular complexity index is 156. The predicted molar refractivity (Wildman–Crippen MR) is 61.2 cm³/mol. The summed E-state index contributed by atoms with van der Waals surface area (Å²) in [7, 11) is 0. The summed E-state index contributed by atoms with van der Waals surface area (Å²) in [5.74, 6) is 7.16. The van der Waals surface area contributed by atoms with Crippen LogP contribution in [0.15, 0.2) is 0 Å². The first-order valence-electron chi connectivity index (χ1n) is 6.45. The van der Waals surface area contributed by atoms with Crippen LogP contribution in [0.1, 0.15) is 44.9 Å². The first-order chi connectivity index (χ1) is 7.42. The summed E-state index contributed by atoms with van der Waals surface area (Å²) in [4.78, 5) is 0. The molecule has 1 saturated carbocycles. The molecule has 15 heavy (non-hydrogen) atoms. The molecular weight excluding hydrogens is 188 g/mol. The van der Waals surface area contributed by atoms with Crippen molar-refractivity contribution in [2.75, 3.05) is 13.2 Å². The van der Waals surface area contributed by atoms with Gasteiger partial charge in [-0.3, -0.25) is 11.3 Å². The van der Waals surface area contributed by atoms with Crippen molar-refractivity contribution in [1.82, 2.24) is 5.43 Å². The second-order valence-corrected chi connectivity index (χ2v) is 5.07. The Hall–Kier alpha value is -0.120. The molecule has 0 aromatic rings. The third-order valence-corrected chi connectivity index (χ3v) is 4.05. The average molecular weight is 212 g/mol. The molecule has 2 aliphatic rings. The Morgan fingerprint density at radius 2 is 1.73 bits per heavy atom. The number of nitrogens with two attached hydrogens (primary N) is 1. The minimum absolute atomic E-state index is 0.491. The Morgan fingerprint density at radius 3 is 2.33 bits per heavy atom. The van der Waals surface area contributed by atoms with Crippen LogP contribution in [0, 0.1) is 11.8 Å². The first kappa shape index (κ1) is 11.4. The Kier molecular flexibility index (Phi) is 4.42. The van der Waals surface area contributed by atoms with E-state index in [1.165, 1.54) is 44.9 Å². The van der Waals surface area contributed by atoms with E-state index in [2.05, 4.69) is 5.43 Å². The zero-order chi connectivity index (χ0) is 10.5. The molecule has 0 bridgehead atoms. The molecule has 1 aliphatic heterocycles. The number of hydrazine groups is 1. The summed E-state index contributed by atoms with van der Waals surface area (Å²) in [6.45, 7) is 1.85. The van der Waals surface area contributed by atoms with E-state index in [0.29, 0.717) is 12.0 Å². The molecule has 2 fully saturated rings. The van der Waals surface area contributed by atoms with E-state index < -0.39 is 0 Å². The lowest BCUT2D eigenvalue weighted by molar-refractivity contribution is 0.0245. The van der Waals surface area contributed by atoms with Gasteiger partial charge in [0.05, 0.1) is 6.61 Å². The summed E-state index contributed by atoms with van der Waals surface area (Å²) in [6, 6.07) is 0.491. The normalized spacial score (nSPS) is 31.4. The fraction of sp³-hybridized carbons (Fsp3) is 1.00. The molecule has 1 aliphatic carbocycles. The van der Waals surface area contributed by atoms with Crippen molar-refractivity contribution in [1.29, 1.82) is 0 Å². The summed E-state index contributed by atoms with van der Waals surface area (Å²) in [5.41, 5.74) is 3.06. The lowest BCUT2D eigenvalue weighted by Crippen LogP contribution is -2.49. The van der Waals surface area contributed by atoms with E-state index in [1.54, 1.807) is 0 Å². The third kappa shape index (κ3) is 2.92. The molecule has 1 heterocycles. The van der Waals surface area contributed by atoms with Crippen LogP contribution in [0.5, 0.6) is 0 Å². The van der Waals surface area contributed by atoms with Crippen LogP contribution in [0.3, 0.4) is 0 Å². The van der Waals surface area contributed by atoms with Crippen molar-refractivity contribution in [2.24, 2.45) is 17.7 Å². The molecule has 0 aromatic carbocycles. The average Bonchev–Trinajstić information content (AvgIpc) is 2.33. The maximum Gasteiger partial charge on any atom is 0.0509 e. The van der Waals surface area contributed by atoms with Gasteiger partial charge in [-0.1, -0.05) is 19.3 Å². The van der Waals surface area contributed by atoms with E-state index in [0.717, 1.165) is 19.1 Å². The summed E-state index contributed by atoms with van der Waals surface area (Å²) in [6.07, 6.45) is 9.37. The smallest absolute Gasteiger partial charge is 0.0509 e. The monoisotopic (exact) mass is 212 g/mol. The minimum Gasteiger partial charge on any atom is -0.381 e. The predicted octanol–water partition coefficient (Wildman–Crippen LogP) is 1.83. The van der Waals surface area contributed by atoms with E-state index in [1.807, 2.05) is 0 Å². The molecule has 3 nitrogen and oxygen atoms in total. The first-order valence-corrected chi connectivity index (χ1v) is 6.45. The van der Waals surface area contributed by atoms with Crippen molar-refractivity contribution in [2.45, 2.75) is 51.0 Å². The van der Waals surface area contributed by atoms with Gasteiger partial charge in [0.25, 0.3) is 0 Å². The highest BCUT2D eigenvalue weighted by atomic mass is 16.5. The standard InChI is InChI=1S/C12H24N2O/c13-14-12(10-5-2-1-3-6-10)11-7-4-8-15-9-11/h10-12,14H,1-9,13H2. The lowest BCUT2D eigenvalue weighted by Gasteiger charge is -2.37. The zero-order valence-electron chi connectivity index (χ0n) is 9.58. The molecule has 3 N–H and O–H groups in total. The fourth-order valence-corrected chi connectivity index (χ4v) is 3.20. The van der Waals surface area contributed by atoms with Gasteiger partial charge in [0.2, 0.25) is 0 Å². The number of hydrogen-bond acceptors (Lipinski definition) is 3. The molecule has 0 radical (unpaired) electrons. The van der Waals surface area contributed by atoms with Gasteiger partial charge >= 0.3 is 0 Å². The van der Waals surface area contributed by atoms with Gasteiger partial charge < -0.3 is 4.74 Å². The zero-order valence-corrected chi connectivity index (χ0v) is 9.58. The molecule has 1 saturated heterocycles. The fourth-order valence-electron chi connectivity index (χ4n) is 3.20. The quantitative estimate of drug-likeness (QED) is 0.554. The third-order valence-electron chi connectivity index (χ3n) is 4.05. The van der Waals surface area contributed by atoms with Crippen molar-refractivity contribution in [3.8, 4) is 0 Å². The van der Waals surface area contributed by atoms with Crippen LogP contribution in [-0.2, 0) is 4.74 Å². The molecule has 2 unspecified atom stereocenters. The van der Waals surface area contributed by atoms with E-state index in [4.69, 9.17) is 10.6 Å². The largest absolute Gasteiger partial charge is 0.381 e. The van der Waals surface area contributed by atoms with E-state index in [-0.39, 0.29) is 0 Å². The molecule has 0 spiro atoms. The molecule has 2 rings (SSSR count). The topological polar surface area (TPSA) is 47.3 Å². The van der Waals surface area contributed by atoms with Crippen LogP contribution in [0.2, 0.25) is 0 Å². The van der Waals surface area contributed by atoms with Crippen LogP contribution in [0.4, 0.5) is 0 Å². The van der Waals surface area contributed by atoms with Gasteiger partial charge in [0, 0.05) is 12.6 Å². The molecule has 88 valence electrons. The van der Waals surface area contributed by atoms with Crippen molar-refractivity contribution in [3.05, 3.63) is 0 Å². The van der Waals surface area contributed by atoms with Crippen molar-refractivity contribution in [3.63, 3.8) is 0 Å². The maximum atomic E-state index is 5.73. The Balaban J connectivity index is 1.88. The SMILES string of the molecule is NNC(C1CCCCC1)C1CCCOC1. The lowest BCUT2D eigenvalue weighted by atomic mass is 9.77. The summed E-state index contributed by atoms with van der Waals surface area (Å²) >= 11 is 0. The molecule has 0 amide bonds. The van der Waals surface area contributed by atoms with Gasteiger partial charge in [-0.05, 0) is 37.5 Å². The van der Waals surface area contributed by atoms with Crippen molar-refractivity contribution >= 4 is 0 Å². The maximum absolute atomic E-state index is 5.73. The van der Waals surface area contributed by atoms with Gasteiger partial charge in [0.1, 0.15) is 0 Å². The highest BCUT2D eigenvalue weighted by molar-refractivity contribution is 4.84. The Labute approximate surface area is 92.7 Å².